The highest BCUT2D eigenvalue weighted by Gasteiger charge is 2.30. The molecule has 2 heterocycles. The molecule has 2 saturated carbocycles. The van der Waals surface area contributed by atoms with Crippen molar-refractivity contribution in [3.63, 3.8) is 0 Å². The van der Waals surface area contributed by atoms with Crippen LogP contribution in [0.4, 0.5) is 5.95 Å². The molecule has 1 saturated heterocycles. The molecule has 4 rings (SSSR count). The molecule has 5 nitrogen and oxygen atoms in total. The monoisotopic (exact) mass is 317 g/mol. The summed E-state index contributed by atoms with van der Waals surface area (Å²) in [5, 5.41) is 3.49. The fourth-order valence-corrected chi connectivity index (χ4v) is 3.33. The topological polar surface area (TPSA) is 56.3 Å². The maximum absolute atomic E-state index is 6.13. The maximum atomic E-state index is 6.13. The highest BCUT2D eigenvalue weighted by atomic mass is 16.5. The average molecular weight is 317 g/mol. The Kier molecular flexibility index (Phi) is 4.49. The number of nitrogens with one attached hydrogen (secondary N) is 1. The van der Waals surface area contributed by atoms with Gasteiger partial charge in [0.05, 0.1) is 18.8 Å². The van der Waals surface area contributed by atoms with E-state index in [0.29, 0.717) is 12.5 Å². The second kappa shape index (κ2) is 6.73. The minimum Gasteiger partial charge on any atom is -0.379 e. The second-order valence-electron chi connectivity index (χ2n) is 7.32. The van der Waals surface area contributed by atoms with Gasteiger partial charge < -0.3 is 14.8 Å². The van der Waals surface area contributed by atoms with Crippen LogP contribution in [-0.2, 0) is 9.47 Å². The molecule has 0 amide bonds. The molecule has 0 unspecified atom stereocenters. The van der Waals surface area contributed by atoms with E-state index in [2.05, 4.69) is 16.4 Å². The Morgan fingerprint density at radius 3 is 2.83 bits per heavy atom. The molecule has 2 aliphatic carbocycles. The molecule has 0 aromatic carbocycles. The summed E-state index contributed by atoms with van der Waals surface area (Å²) < 4.78 is 11.8. The van der Waals surface area contributed by atoms with Crippen LogP contribution in [0.1, 0.15) is 55.8 Å². The zero-order chi connectivity index (χ0) is 15.6. The maximum Gasteiger partial charge on any atom is 0.223 e. The van der Waals surface area contributed by atoms with E-state index in [1.165, 1.54) is 37.8 Å². The largest absolute Gasteiger partial charge is 0.379 e. The summed E-state index contributed by atoms with van der Waals surface area (Å²) in [6.45, 7) is 4.40. The summed E-state index contributed by atoms with van der Waals surface area (Å²) in [5.74, 6) is 2.16. The summed E-state index contributed by atoms with van der Waals surface area (Å²) in [5.41, 5.74) is 2.23. The number of ether oxygens (including phenoxy) is 2. The van der Waals surface area contributed by atoms with Gasteiger partial charge in [-0.1, -0.05) is 6.42 Å². The Labute approximate surface area is 138 Å². The van der Waals surface area contributed by atoms with Crippen molar-refractivity contribution in [1.82, 2.24) is 9.97 Å². The summed E-state index contributed by atoms with van der Waals surface area (Å²) in [6.07, 6.45) is 7.65. The normalized spacial score (nSPS) is 28.4. The van der Waals surface area contributed by atoms with E-state index in [1.807, 2.05) is 6.92 Å². The third-order valence-corrected chi connectivity index (χ3v) is 5.25. The highest BCUT2D eigenvalue weighted by Crippen LogP contribution is 2.36. The van der Waals surface area contributed by atoms with Crippen LogP contribution in [0.2, 0.25) is 0 Å². The van der Waals surface area contributed by atoms with Gasteiger partial charge in [-0.15, -0.1) is 0 Å². The van der Waals surface area contributed by atoms with Crippen molar-refractivity contribution in [3.05, 3.63) is 17.5 Å². The lowest BCUT2D eigenvalue weighted by atomic mass is 9.83. The Hall–Kier alpha value is -1.20. The molecular formula is C18H27N3O2. The molecule has 1 aromatic rings. The predicted octanol–water partition coefficient (Wildman–Crippen LogP) is 3.05. The van der Waals surface area contributed by atoms with Crippen molar-refractivity contribution in [2.75, 3.05) is 25.1 Å². The first kappa shape index (κ1) is 15.3. The fourth-order valence-electron chi connectivity index (χ4n) is 3.33. The van der Waals surface area contributed by atoms with Crippen molar-refractivity contribution in [2.24, 2.45) is 5.92 Å². The zero-order valence-corrected chi connectivity index (χ0v) is 14.0. The summed E-state index contributed by atoms with van der Waals surface area (Å²) in [7, 11) is 0. The third kappa shape index (κ3) is 3.83. The van der Waals surface area contributed by atoms with E-state index in [9.17, 15) is 0 Å². The van der Waals surface area contributed by atoms with E-state index >= 15 is 0 Å². The van der Waals surface area contributed by atoms with Gasteiger partial charge in [0.15, 0.2) is 0 Å². The third-order valence-electron chi connectivity index (χ3n) is 5.25. The first-order valence-corrected chi connectivity index (χ1v) is 9.09. The van der Waals surface area contributed by atoms with Gasteiger partial charge in [0.25, 0.3) is 0 Å². The van der Waals surface area contributed by atoms with Crippen molar-refractivity contribution in [1.29, 1.82) is 0 Å². The van der Waals surface area contributed by atoms with Gasteiger partial charge in [0.1, 0.15) is 0 Å². The molecule has 1 aliphatic heterocycles. The standard InChI is InChI=1S/C18H27N3O2/c1-12-9-15(14-3-2-4-14)20-18(19-12)21-16-11-22-8-7-17(16)23-10-13-5-6-13/h9,13-14,16-17H,2-8,10-11H2,1H3,(H,19,20,21)/t16-,17+/m1/s1. The number of anilines is 1. The Bertz CT molecular complexity index is 543. The number of rotatable bonds is 6. The molecule has 23 heavy (non-hydrogen) atoms. The fraction of sp³-hybridized carbons (Fsp3) is 0.778. The van der Waals surface area contributed by atoms with E-state index in [0.717, 1.165) is 37.2 Å². The summed E-state index contributed by atoms with van der Waals surface area (Å²) >= 11 is 0. The van der Waals surface area contributed by atoms with Crippen molar-refractivity contribution in [3.8, 4) is 0 Å². The lowest BCUT2D eigenvalue weighted by Gasteiger charge is -2.32. The number of aromatic nitrogens is 2. The van der Waals surface area contributed by atoms with Crippen molar-refractivity contribution >= 4 is 5.95 Å². The van der Waals surface area contributed by atoms with Gasteiger partial charge >= 0.3 is 0 Å². The molecule has 0 spiro atoms. The van der Waals surface area contributed by atoms with Crippen LogP contribution in [0.5, 0.6) is 0 Å². The Balaban J connectivity index is 1.42. The average Bonchev–Trinajstić information content (AvgIpc) is 3.28. The SMILES string of the molecule is Cc1cc(C2CCC2)nc(N[C@@H]2COCC[C@@H]2OCC2CC2)n1. The zero-order valence-electron chi connectivity index (χ0n) is 14.0. The van der Waals surface area contributed by atoms with E-state index in [1.54, 1.807) is 0 Å². The second-order valence-corrected chi connectivity index (χ2v) is 7.32. The van der Waals surface area contributed by atoms with Crippen LogP contribution in [0, 0.1) is 12.8 Å². The number of nitrogens with zero attached hydrogens (tertiary/aromatic N) is 2. The number of hydrogen-bond donors (Lipinski definition) is 1. The minimum atomic E-state index is 0.151. The number of hydrogen-bond acceptors (Lipinski definition) is 5. The Morgan fingerprint density at radius 2 is 2.09 bits per heavy atom. The molecule has 1 N–H and O–H groups in total. The summed E-state index contributed by atoms with van der Waals surface area (Å²) in [6, 6.07) is 2.28. The van der Waals surface area contributed by atoms with Crippen molar-refractivity contribution < 1.29 is 9.47 Å². The van der Waals surface area contributed by atoms with Gasteiger partial charge in [-0.05, 0) is 51.0 Å². The van der Waals surface area contributed by atoms with E-state index < -0.39 is 0 Å². The van der Waals surface area contributed by atoms with Gasteiger partial charge in [0.2, 0.25) is 5.95 Å². The van der Waals surface area contributed by atoms with Gasteiger partial charge in [-0.3, -0.25) is 0 Å². The molecule has 0 radical (unpaired) electrons. The van der Waals surface area contributed by atoms with Crippen LogP contribution >= 0.6 is 0 Å². The first-order valence-electron chi connectivity index (χ1n) is 9.09. The smallest absolute Gasteiger partial charge is 0.223 e. The molecule has 0 bridgehead atoms. The molecule has 5 heteroatoms. The van der Waals surface area contributed by atoms with E-state index in [-0.39, 0.29) is 12.1 Å². The van der Waals surface area contributed by atoms with Crippen LogP contribution in [0.3, 0.4) is 0 Å². The minimum absolute atomic E-state index is 0.151. The predicted molar refractivity (Wildman–Crippen MR) is 88.7 cm³/mol. The van der Waals surface area contributed by atoms with Crippen LogP contribution < -0.4 is 5.32 Å². The van der Waals surface area contributed by atoms with Crippen LogP contribution in [0.15, 0.2) is 6.07 Å². The number of aryl methyl sites for hydroxylation is 1. The Morgan fingerprint density at radius 1 is 1.22 bits per heavy atom. The lowest BCUT2D eigenvalue weighted by Crippen LogP contribution is -2.44. The van der Waals surface area contributed by atoms with Crippen LogP contribution in [0.25, 0.3) is 0 Å². The van der Waals surface area contributed by atoms with Gasteiger partial charge in [-0.25, -0.2) is 9.97 Å². The molecular weight excluding hydrogens is 290 g/mol. The molecule has 2 atom stereocenters. The molecule has 3 fully saturated rings. The molecule has 1 aromatic heterocycles. The first-order chi connectivity index (χ1) is 11.3. The van der Waals surface area contributed by atoms with Crippen LogP contribution in [-0.4, -0.2) is 41.9 Å². The van der Waals surface area contributed by atoms with Gasteiger partial charge in [-0.2, -0.15) is 0 Å². The van der Waals surface area contributed by atoms with E-state index in [4.69, 9.17) is 14.5 Å². The summed E-state index contributed by atoms with van der Waals surface area (Å²) in [4.78, 5) is 9.34. The quantitative estimate of drug-likeness (QED) is 0.874. The highest BCUT2D eigenvalue weighted by molar-refractivity contribution is 5.32. The van der Waals surface area contributed by atoms with Crippen molar-refractivity contribution in [2.45, 2.75) is 63.5 Å². The molecule has 126 valence electrons. The lowest BCUT2D eigenvalue weighted by molar-refractivity contribution is -0.0440. The molecule has 3 aliphatic rings. The van der Waals surface area contributed by atoms with Gasteiger partial charge in [0, 0.05) is 30.5 Å².